The van der Waals surface area contributed by atoms with Crippen LogP contribution in [0.3, 0.4) is 0 Å². The van der Waals surface area contributed by atoms with Crippen molar-refractivity contribution in [2.75, 3.05) is 18.1 Å². The molecule has 158 valence electrons. The van der Waals surface area contributed by atoms with Crippen molar-refractivity contribution >= 4 is 44.9 Å². The number of halogens is 1. The number of rotatable bonds is 5. The molecule has 2 fully saturated rings. The molecule has 10 heteroatoms. The highest BCUT2D eigenvalue weighted by atomic mass is 79.9. The van der Waals surface area contributed by atoms with Crippen LogP contribution in [0.4, 0.5) is 11.6 Å². The van der Waals surface area contributed by atoms with Gasteiger partial charge in [-0.1, -0.05) is 0 Å². The smallest absolute Gasteiger partial charge is 0.256 e. The zero-order valence-electron chi connectivity index (χ0n) is 16.5. The molecule has 0 saturated carbocycles. The molecule has 0 bridgehead atoms. The van der Waals surface area contributed by atoms with E-state index in [4.69, 9.17) is 9.47 Å². The van der Waals surface area contributed by atoms with Crippen LogP contribution in [0.5, 0.6) is 0 Å². The lowest BCUT2D eigenvalue weighted by molar-refractivity contribution is -0.106. The van der Waals surface area contributed by atoms with Gasteiger partial charge in [0, 0.05) is 18.6 Å². The van der Waals surface area contributed by atoms with E-state index < -0.39 is 0 Å². The quantitative estimate of drug-likeness (QED) is 0.517. The summed E-state index contributed by atoms with van der Waals surface area (Å²) in [6, 6.07) is 5.76. The summed E-state index contributed by atoms with van der Waals surface area (Å²) >= 11 is 3.45. The van der Waals surface area contributed by atoms with Crippen molar-refractivity contribution in [1.29, 1.82) is 0 Å². The van der Waals surface area contributed by atoms with Crippen LogP contribution in [-0.2, 0) is 14.3 Å². The van der Waals surface area contributed by atoms with Gasteiger partial charge in [-0.2, -0.15) is 10.1 Å². The average Bonchev–Trinajstić information content (AvgIpc) is 3.39. The summed E-state index contributed by atoms with van der Waals surface area (Å²) in [5.74, 6) is 0.299. The summed E-state index contributed by atoms with van der Waals surface area (Å²) in [6.07, 6.45) is 8.51. The minimum Gasteiger partial charge on any atom is -0.356 e. The zero-order chi connectivity index (χ0) is 20.5. The van der Waals surface area contributed by atoms with Gasteiger partial charge < -0.3 is 9.47 Å². The zero-order valence-corrected chi connectivity index (χ0v) is 18.1. The molecule has 30 heavy (non-hydrogen) atoms. The van der Waals surface area contributed by atoms with E-state index in [1.165, 1.54) is 4.90 Å². The van der Waals surface area contributed by atoms with Crippen molar-refractivity contribution in [3.05, 3.63) is 29.1 Å². The van der Waals surface area contributed by atoms with E-state index in [9.17, 15) is 4.79 Å². The Hall–Kier alpha value is -2.30. The van der Waals surface area contributed by atoms with Gasteiger partial charge in [-0.25, -0.2) is 14.3 Å². The number of fused-ring (bicyclic) bond motifs is 1. The van der Waals surface area contributed by atoms with Crippen molar-refractivity contribution in [2.24, 2.45) is 0 Å². The second-order valence-electron chi connectivity index (χ2n) is 7.58. The van der Waals surface area contributed by atoms with Crippen LogP contribution in [0.25, 0.3) is 10.9 Å². The molecule has 0 aliphatic carbocycles. The summed E-state index contributed by atoms with van der Waals surface area (Å²) < 4.78 is 15.8. The Labute approximate surface area is 182 Å². The number of carbonyl (C=O) groups excluding carboxylic acids is 1. The third kappa shape index (κ3) is 3.63. The van der Waals surface area contributed by atoms with Crippen LogP contribution in [0.2, 0.25) is 0 Å². The summed E-state index contributed by atoms with van der Waals surface area (Å²) in [5, 5.41) is 9.98. The number of hydrogen-bond acceptors (Lipinski definition) is 6. The predicted molar refractivity (Wildman–Crippen MR) is 113 cm³/mol. The molecule has 2 aliphatic heterocycles. The highest BCUT2D eigenvalue weighted by molar-refractivity contribution is 9.10. The summed E-state index contributed by atoms with van der Waals surface area (Å²) in [7, 11) is 0. The van der Waals surface area contributed by atoms with Crippen LogP contribution in [0, 0.1) is 0 Å². The molecule has 2 aromatic heterocycles. The van der Waals surface area contributed by atoms with E-state index in [2.05, 4.69) is 31.1 Å². The average molecular weight is 475 g/mol. The number of nitrogens with zero attached hydrogens (tertiary/aromatic N) is 6. The summed E-state index contributed by atoms with van der Waals surface area (Å²) in [6.45, 7) is 1.46. The second kappa shape index (κ2) is 8.44. The van der Waals surface area contributed by atoms with Crippen LogP contribution < -0.4 is 4.90 Å². The maximum absolute atomic E-state index is 11.9. The highest BCUT2D eigenvalue weighted by Crippen LogP contribution is 2.31. The Morgan fingerprint density at radius 3 is 2.47 bits per heavy atom. The van der Waals surface area contributed by atoms with E-state index in [0.29, 0.717) is 23.0 Å². The topological polar surface area (TPSA) is 87.3 Å². The first-order valence-electron chi connectivity index (χ1n) is 10.3. The van der Waals surface area contributed by atoms with Crippen molar-refractivity contribution < 1.29 is 14.3 Å². The van der Waals surface area contributed by atoms with Gasteiger partial charge in [0.15, 0.2) is 17.2 Å². The third-order valence-corrected chi connectivity index (χ3v) is 6.15. The Bertz CT molecular complexity index is 1040. The number of carbonyl (C=O) groups is 1. The number of amides is 1. The van der Waals surface area contributed by atoms with Gasteiger partial charge in [0.2, 0.25) is 6.41 Å². The van der Waals surface area contributed by atoms with E-state index in [0.717, 1.165) is 62.4 Å². The Morgan fingerprint density at radius 2 is 1.80 bits per heavy atom. The van der Waals surface area contributed by atoms with Gasteiger partial charge in [-0.05, 0) is 72.7 Å². The van der Waals surface area contributed by atoms with Gasteiger partial charge >= 0.3 is 0 Å². The van der Waals surface area contributed by atoms with E-state index in [1.54, 1.807) is 10.9 Å². The number of anilines is 2. The first kappa shape index (κ1) is 19.7. The fourth-order valence-corrected chi connectivity index (χ4v) is 4.52. The minimum absolute atomic E-state index is 0.0342. The van der Waals surface area contributed by atoms with Crippen molar-refractivity contribution in [2.45, 2.75) is 51.0 Å². The molecule has 0 radical (unpaired) electrons. The number of ether oxygens (including phenoxy) is 2. The number of hydrogen-bond donors (Lipinski definition) is 0. The standard InChI is InChI=1S/C20H23BrN6O3/c21-19-23-20(24-27(19)18-6-2-4-10-30-18)25(13-28)15-7-8-16-14(11-15)12-22-26(16)17-5-1-3-9-29-17/h7-8,11-13,17-18H,1-6,9-10H2. The highest BCUT2D eigenvalue weighted by Gasteiger charge is 2.24. The van der Waals surface area contributed by atoms with Crippen LogP contribution in [-0.4, -0.2) is 44.2 Å². The van der Waals surface area contributed by atoms with Crippen molar-refractivity contribution in [3.8, 4) is 0 Å². The van der Waals surface area contributed by atoms with Gasteiger partial charge in [-0.15, -0.1) is 5.10 Å². The maximum atomic E-state index is 11.9. The molecule has 9 nitrogen and oxygen atoms in total. The molecule has 1 aromatic carbocycles. The van der Waals surface area contributed by atoms with E-state index in [1.807, 2.05) is 22.9 Å². The van der Waals surface area contributed by atoms with Gasteiger partial charge in [0.05, 0.1) is 17.4 Å². The first-order valence-corrected chi connectivity index (χ1v) is 11.1. The Balaban J connectivity index is 1.44. The summed E-state index contributed by atoms with van der Waals surface area (Å²) in [4.78, 5) is 17.8. The van der Waals surface area contributed by atoms with E-state index in [-0.39, 0.29) is 12.5 Å². The molecule has 3 aromatic rings. The number of benzene rings is 1. The Kier molecular flexibility index (Phi) is 5.53. The Morgan fingerprint density at radius 1 is 1.07 bits per heavy atom. The third-order valence-electron chi connectivity index (χ3n) is 5.61. The molecular weight excluding hydrogens is 452 g/mol. The van der Waals surface area contributed by atoms with Crippen molar-refractivity contribution in [1.82, 2.24) is 24.5 Å². The lowest BCUT2D eigenvalue weighted by atomic mass is 10.2. The molecule has 0 spiro atoms. The lowest BCUT2D eigenvalue weighted by Gasteiger charge is -2.23. The largest absolute Gasteiger partial charge is 0.356 e. The monoisotopic (exact) mass is 474 g/mol. The van der Waals surface area contributed by atoms with Gasteiger partial charge in [0.25, 0.3) is 5.95 Å². The second-order valence-corrected chi connectivity index (χ2v) is 8.28. The molecular formula is C20H23BrN6O3. The van der Waals surface area contributed by atoms with Crippen LogP contribution in [0.15, 0.2) is 29.1 Å². The fraction of sp³-hybridized carbons (Fsp3) is 0.500. The number of aromatic nitrogens is 5. The van der Waals surface area contributed by atoms with Crippen LogP contribution in [0.1, 0.15) is 51.0 Å². The normalized spacial score (nSPS) is 22.3. The molecule has 2 aliphatic rings. The SMILES string of the molecule is O=CN(c1ccc2c(cnn2C2CCCCO2)c1)c1nc(Br)n(C2CCCCO2)n1. The molecule has 2 unspecified atom stereocenters. The lowest BCUT2D eigenvalue weighted by Crippen LogP contribution is -2.20. The minimum atomic E-state index is -0.168. The molecule has 5 rings (SSSR count). The van der Waals surface area contributed by atoms with Crippen molar-refractivity contribution in [3.63, 3.8) is 0 Å². The molecule has 4 heterocycles. The molecule has 2 atom stereocenters. The van der Waals surface area contributed by atoms with E-state index >= 15 is 0 Å². The molecule has 1 amide bonds. The predicted octanol–water partition coefficient (Wildman–Crippen LogP) is 4.08. The maximum Gasteiger partial charge on any atom is 0.256 e. The van der Waals surface area contributed by atoms with Gasteiger partial charge in [-0.3, -0.25) is 4.79 Å². The van der Waals surface area contributed by atoms with Crippen LogP contribution >= 0.6 is 15.9 Å². The molecule has 0 N–H and O–H groups in total. The summed E-state index contributed by atoms with van der Waals surface area (Å²) in [5.41, 5.74) is 1.66. The molecule has 2 saturated heterocycles. The van der Waals surface area contributed by atoms with Gasteiger partial charge in [0.1, 0.15) is 0 Å². The first-order chi connectivity index (χ1) is 14.7. The fourth-order valence-electron chi connectivity index (χ4n) is 4.06.